The van der Waals surface area contributed by atoms with Gasteiger partial charge in [-0.25, -0.2) is 0 Å². The Morgan fingerprint density at radius 2 is 1.47 bits per heavy atom. The van der Waals surface area contributed by atoms with Crippen molar-refractivity contribution in [2.24, 2.45) is 23.2 Å². The Morgan fingerprint density at radius 1 is 0.902 bits per heavy atom. The molecule has 0 amide bonds. The van der Waals surface area contributed by atoms with Crippen LogP contribution in [0.1, 0.15) is 150 Å². The Bertz CT molecular complexity index is 1340. The summed E-state index contributed by atoms with van der Waals surface area (Å²) in [6.07, 6.45) is 18.1. The fraction of sp³-hybridized carbons (Fsp3) is 0.756. The number of carbonyl (C=O) groups excluding carboxylic acids is 1. The van der Waals surface area contributed by atoms with Crippen molar-refractivity contribution in [3.8, 4) is 0 Å². The van der Waals surface area contributed by atoms with Gasteiger partial charge in [0.1, 0.15) is 6.10 Å². The van der Waals surface area contributed by atoms with E-state index in [1.54, 1.807) is 5.57 Å². The van der Waals surface area contributed by atoms with Crippen LogP contribution in [0.4, 0.5) is 0 Å². The number of carbonyl (C=O) groups is 1. The molecule has 0 aliphatic heterocycles. The third kappa shape index (κ3) is 10.6. The largest absolute Gasteiger partial charge is 0.458 e. The topological polar surface area (TPSA) is 44.8 Å². The van der Waals surface area contributed by atoms with E-state index in [4.69, 9.17) is 13.6 Å². The van der Waals surface area contributed by atoms with E-state index in [0.717, 1.165) is 43.6 Å². The molecule has 51 heavy (non-hydrogen) atoms. The standard InChI is InChI=1S/C45H76O4Si2/c1-32-20-23-37(24-21-32)42(47-34(3)46)19-15-17-33(2)40-26-27-41-36(18-16-28-45(40,41)10)25-22-35-29-38(48-50(11,12)43(4,5)6)31-39(30-35)49-51(13,14)44(7,8)9/h20-25,33,38-42H,15-19,26-31H2,1-14H3/b36-25+/t33-,38-,39-,40-,41+,42?,45-/m1/s1. The molecule has 7 atom stereocenters. The molecule has 4 nitrogen and oxygen atoms in total. The van der Waals surface area contributed by atoms with Crippen LogP contribution < -0.4 is 0 Å². The predicted octanol–water partition coefficient (Wildman–Crippen LogP) is 13.4. The molecule has 0 radical (unpaired) electrons. The zero-order chi connectivity index (χ0) is 38.0. The molecule has 288 valence electrons. The van der Waals surface area contributed by atoms with Crippen molar-refractivity contribution in [3.05, 3.63) is 58.7 Å². The Labute approximate surface area is 316 Å². The van der Waals surface area contributed by atoms with Crippen molar-refractivity contribution < 1.29 is 18.4 Å². The van der Waals surface area contributed by atoms with E-state index in [1.165, 1.54) is 56.6 Å². The van der Waals surface area contributed by atoms with Crippen LogP contribution in [0.5, 0.6) is 0 Å². The minimum atomic E-state index is -1.90. The quantitative estimate of drug-likeness (QED) is 0.158. The first kappa shape index (κ1) is 42.3. The molecule has 0 bridgehead atoms. The lowest BCUT2D eigenvalue weighted by atomic mass is 9.60. The normalized spacial score (nSPS) is 28.4. The Balaban J connectivity index is 1.47. The molecule has 0 spiro atoms. The van der Waals surface area contributed by atoms with E-state index in [2.05, 4.69) is 125 Å². The second-order valence-corrected chi connectivity index (χ2v) is 29.7. The summed E-state index contributed by atoms with van der Waals surface area (Å²) in [4.78, 5) is 12.0. The summed E-state index contributed by atoms with van der Waals surface area (Å²) in [6, 6.07) is 8.48. The SMILES string of the molecule is CC(=O)OC(CCC[C@@H](C)[C@H]1CC[C@H]2/C(=C/C=C3C[C@@H](O[Si](C)(C)C(C)(C)C)C[C@H](O[Si](C)(C)C(C)(C)C)C3)CCC[C@]12C)c1ccc(C)cc1. The third-order valence-corrected chi connectivity index (χ3v) is 23.3. The van der Waals surface area contributed by atoms with Gasteiger partial charge in [0, 0.05) is 6.92 Å². The summed E-state index contributed by atoms with van der Waals surface area (Å²) in [5.74, 6) is 1.89. The molecule has 3 fully saturated rings. The molecule has 0 saturated heterocycles. The number of hydrogen-bond donors (Lipinski definition) is 0. The Kier molecular flexibility index (Phi) is 13.7. The zero-order valence-corrected chi connectivity index (χ0v) is 37.3. The average molecular weight is 737 g/mol. The number of hydrogen-bond acceptors (Lipinski definition) is 4. The molecule has 1 aromatic rings. The van der Waals surface area contributed by atoms with Gasteiger partial charge in [0.25, 0.3) is 0 Å². The van der Waals surface area contributed by atoms with Crippen LogP contribution in [0.15, 0.2) is 47.6 Å². The minimum absolute atomic E-state index is 0.155. The maximum Gasteiger partial charge on any atom is 0.303 e. The maximum atomic E-state index is 12.0. The van der Waals surface area contributed by atoms with Gasteiger partial charge in [0.05, 0.1) is 12.2 Å². The van der Waals surface area contributed by atoms with E-state index in [0.29, 0.717) is 17.3 Å². The van der Waals surface area contributed by atoms with Crippen molar-refractivity contribution in [1.29, 1.82) is 0 Å². The smallest absolute Gasteiger partial charge is 0.303 e. The van der Waals surface area contributed by atoms with Crippen LogP contribution in [0.25, 0.3) is 0 Å². The van der Waals surface area contributed by atoms with Crippen molar-refractivity contribution in [2.45, 2.75) is 194 Å². The summed E-state index contributed by atoms with van der Waals surface area (Å²) in [5, 5.41) is 0.389. The summed E-state index contributed by atoms with van der Waals surface area (Å²) in [6.45, 7) is 32.5. The monoisotopic (exact) mass is 737 g/mol. The molecule has 3 aliphatic rings. The lowest BCUT2D eigenvalue weighted by Gasteiger charge is -2.45. The number of rotatable bonds is 12. The van der Waals surface area contributed by atoms with Gasteiger partial charge in [-0.3, -0.25) is 4.79 Å². The lowest BCUT2D eigenvalue weighted by molar-refractivity contribution is -0.147. The van der Waals surface area contributed by atoms with Crippen LogP contribution in [0.3, 0.4) is 0 Å². The van der Waals surface area contributed by atoms with E-state index in [1.807, 2.05) is 0 Å². The van der Waals surface area contributed by atoms with Crippen molar-refractivity contribution in [1.82, 2.24) is 0 Å². The summed E-state index contributed by atoms with van der Waals surface area (Å²) >= 11 is 0. The predicted molar refractivity (Wildman–Crippen MR) is 221 cm³/mol. The number of ether oxygens (including phenoxy) is 1. The first-order valence-electron chi connectivity index (χ1n) is 20.5. The summed E-state index contributed by atoms with van der Waals surface area (Å²) < 4.78 is 20.0. The fourth-order valence-corrected chi connectivity index (χ4v) is 11.9. The van der Waals surface area contributed by atoms with Crippen molar-refractivity contribution >= 4 is 22.6 Å². The number of fused-ring (bicyclic) bond motifs is 1. The fourth-order valence-electron chi connectivity index (χ4n) is 9.17. The van der Waals surface area contributed by atoms with Crippen molar-refractivity contribution in [2.75, 3.05) is 0 Å². The minimum Gasteiger partial charge on any atom is -0.458 e. The Hall–Kier alpha value is -1.48. The third-order valence-electron chi connectivity index (χ3n) is 14.2. The Morgan fingerprint density at radius 3 is 2.00 bits per heavy atom. The van der Waals surface area contributed by atoms with Crippen LogP contribution in [0.2, 0.25) is 36.3 Å². The van der Waals surface area contributed by atoms with E-state index >= 15 is 0 Å². The molecule has 1 aromatic carbocycles. The highest BCUT2D eigenvalue weighted by atomic mass is 28.4. The molecule has 3 saturated carbocycles. The van der Waals surface area contributed by atoms with Gasteiger partial charge in [-0.1, -0.05) is 115 Å². The number of allylic oxidation sites excluding steroid dienone is 3. The van der Waals surface area contributed by atoms with Crippen LogP contribution >= 0.6 is 0 Å². The number of esters is 1. The van der Waals surface area contributed by atoms with E-state index in [9.17, 15) is 4.79 Å². The first-order valence-corrected chi connectivity index (χ1v) is 26.3. The molecule has 3 aliphatic carbocycles. The van der Waals surface area contributed by atoms with Crippen LogP contribution in [0, 0.1) is 30.1 Å². The highest BCUT2D eigenvalue weighted by Crippen LogP contribution is 2.60. The molecule has 0 N–H and O–H groups in total. The van der Waals surface area contributed by atoms with E-state index < -0.39 is 16.6 Å². The number of benzene rings is 1. The molecular formula is C45H76O4Si2. The van der Waals surface area contributed by atoms with Gasteiger partial charge < -0.3 is 13.6 Å². The average Bonchev–Trinajstić information content (AvgIpc) is 3.35. The summed E-state index contributed by atoms with van der Waals surface area (Å²) in [7, 11) is -3.80. The molecular weight excluding hydrogens is 661 g/mol. The van der Waals surface area contributed by atoms with Gasteiger partial charge in [0.2, 0.25) is 0 Å². The highest BCUT2D eigenvalue weighted by Gasteiger charge is 2.50. The van der Waals surface area contributed by atoms with Gasteiger partial charge >= 0.3 is 5.97 Å². The second kappa shape index (κ2) is 16.5. The zero-order valence-electron chi connectivity index (χ0n) is 35.3. The van der Waals surface area contributed by atoms with Gasteiger partial charge in [-0.05, 0) is 136 Å². The van der Waals surface area contributed by atoms with Gasteiger partial charge in [-0.15, -0.1) is 0 Å². The molecule has 4 rings (SSSR count). The summed E-state index contributed by atoms with van der Waals surface area (Å²) in [5.41, 5.74) is 5.92. The molecule has 1 unspecified atom stereocenters. The highest BCUT2D eigenvalue weighted by molar-refractivity contribution is 6.74. The molecule has 0 aromatic heterocycles. The molecule has 0 heterocycles. The second-order valence-electron chi connectivity index (χ2n) is 20.2. The maximum absolute atomic E-state index is 12.0. The van der Waals surface area contributed by atoms with E-state index in [-0.39, 0.29) is 34.4 Å². The van der Waals surface area contributed by atoms with Crippen molar-refractivity contribution in [3.63, 3.8) is 0 Å². The van der Waals surface area contributed by atoms with Gasteiger partial charge in [-0.2, -0.15) is 0 Å². The van der Waals surface area contributed by atoms with Crippen LogP contribution in [-0.2, 0) is 18.4 Å². The number of aryl methyl sites for hydroxylation is 1. The van der Waals surface area contributed by atoms with Gasteiger partial charge in [0.15, 0.2) is 16.6 Å². The first-order chi connectivity index (χ1) is 23.5. The molecule has 6 heteroatoms. The van der Waals surface area contributed by atoms with Crippen LogP contribution in [-0.4, -0.2) is 34.8 Å². The lowest BCUT2D eigenvalue weighted by Crippen LogP contribution is -2.48.